The van der Waals surface area contributed by atoms with Gasteiger partial charge in [0, 0.05) is 23.0 Å². The van der Waals surface area contributed by atoms with Crippen molar-refractivity contribution >= 4 is 23.2 Å². The Morgan fingerprint density at radius 1 is 1.05 bits per heavy atom. The fourth-order valence-corrected chi connectivity index (χ4v) is 2.41. The lowest BCUT2D eigenvalue weighted by atomic mass is 9.87. The number of halogens is 2. The highest BCUT2D eigenvalue weighted by atomic mass is 35.5. The van der Waals surface area contributed by atoms with Gasteiger partial charge in [-0.05, 0) is 29.3 Å². The lowest BCUT2D eigenvalue weighted by Crippen LogP contribution is -2.37. The molecule has 1 atom stereocenters. The smallest absolute Gasteiger partial charge is 0.106 e. The molecule has 0 aliphatic carbocycles. The number of rotatable bonds is 4. The van der Waals surface area contributed by atoms with Gasteiger partial charge >= 0.3 is 0 Å². The summed E-state index contributed by atoms with van der Waals surface area (Å²) in [5, 5.41) is 11.9. The van der Waals surface area contributed by atoms with Crippen molar-refractivity contribution in [3.05, 3.63) is 69.7 Å². The molecule has 0 aromatic heterocycles. The molecule has 3 N–H and O–H groups in total. The van der Waals surface area contributed by atoms with E-state index in [4.69, 9.17) is 28.9 Å². The molecule has 0 amide bonds. The van der Waals surface area contributed by atoms with Crippen LogP contribution in [0.2, 0.25) is 10.0 Å². The fourth-order valence-electron chi connectivity index (χ4n) is 2.03. The predicted molar refractivity (Wildman–Crippen MR) is 79.6 cm³/mol. The minimum absolute atomic E-state index is 0.111. The number of benzene rings is 2. The van der Waals surface area contributed by atoms with Crippen LogP contribution in [-0.2, 0) is 12.0 Å². The van der Waals surface area contributed by atoms with Crippen LogP contribution in [-0.4, -0.2) is 11.7 Å². The minimum Gasteiger partial charge on any atom is -0.383 e. The Balaban J connectivity index is 2.36. The molecule has 2 aromatic carbocycles. The Hall–Kier alpha value is -1.06. The van der Waals surface area contributed by atoms with Gasteiger partial charge in [-0.15, -0.1) is 0 Å². The van der Waals surface area contributed by atoms with E-state index < -0.39 is 5.60 Å². The van der Waals surface area contributed by atoms with E-state index in [1.54, 1.807) is 18.2 Å². The summed E-state index contributed by atoms with van der Waals surface area (Å²) in [5.41, 5.74) is 6.16. The predicted octanol–water partition coefficient (Wildman–Crippen LogP) is 3.38. The van der Waals surface area contributed by atoms with E-state index in [1.807, 2.05) is 30.3 Å². The van der Waals surface area contributed by atoms with Crippen LogP contribution in [0.3, 0.4) is 0 Å². The molecule has 0 fully saturated rings. The molecule has 19 heavy (non-hydrogen) atoms. The van der Waals surface area contributed by atoms with Gasteiger partial charge in [0.25, 0.3) is 0 Å². The van der Waals surface area contributed by atoms with Crippen molar-refractivity contribution in [2.45, 2.75) is 12.0 Å². The topological polar surface area (TPSA) is 46.2 Å². The van der Waals surface area contributed by atoms with E-state index in [1.165, 1.54) is 0 Å². The summed E-state index contributed by atoms with van der Waals surface area (Å²) < 4.78 is 0. The van der Waals surface area contributed by atoms with Gasteiger partial charge in [-0.3, -0.25) is 0 Å². The first-order chi connectivity index (χ1) is 9.05. The molecule has 0 heterocycles. The maximum Gasteiger partial charge on any atom is 0.106 e. The van der Waals surface area contributed by atoms with Crippen molar-refractivity contribution in [1.82, 2.24) is 0 Å². The highest BCUT2D eigenvalue weighted by Crippen LogP contribution is 2.29. The molecule has 0 aliphatic rings. The molecule has 4 heteroatoms. The molecule has 0 saturated carbocycles. The molecule has 0 radical (unpaired) electrons. The summed E-state index contributed by atoms with van der Waals surface area (Å²) in [5.74, 6) is 0. The molecule has 100 valence electrons. The third-order valence-corrected chi connectivity index (χ3v) is 3.74. The van der Waals surface area contributed by atoms with Crippen LogP contribution in [0.15, 0.2) is 48.5 Å². The Bertz CT molecular complexity index is 559. The summed E-state index contributed by atoms with van der Waals surface area (Å²) in [7, 11) is 0. The zero-order chi connectivity index (χ0) is 13.9. The van der Waals surface area contributed by atoms with Gasteiger partial charge in [0.05, 0.1) is 0 Å². The monoisotopic (exact) mass is 295 g/mol. The molecule has 0 saturated heterocycles. The maximum atomic E-state index is 10.7. The van der Waals surface area contributed by atoms with Gasteiger partial charge in [-0.25, -0.2) is 0 Å². The van der Waals surface area contributed by atoms with Gasteiger partial charge in [0.2, 0.25) is 0 Å². The SMILES string of the molecule is NCC(O)(Cc1cc(Cl)ccc1Cl)c1ccccc1. The first-order valence-corrected chi connectivity index (χ1v) is 6.73. The van der Waals surface area contributed by atoms with Crippen molar-refractivity contribution in [1.29, 1.82) is 0 Å². The van der Waals surface area contributed by atoms with E-state index in [0.717, 1.165) is 11.1 Å². The van der Waals surface area contributed by atoms with Gasteiger partial charge < -0.3 is 10.8 Å². The average Bonchev–Trinajstić information content (AvgIpc) is 2.44. The van der Waals surface area contributed by atoms with Crippen LogP contribution in [0.5, 0.6) is 0 Å². The van der Waals surface area contributed by atoms with Crippen LogP contribution in [0, 0.1) is 0 Å². The Kier molecular flexibility index (Phi) is 4.48. The summed E-state index contributed by atoms with van der Waals surface area (Å²) in [4.78, 5) is 0. The minimum atomic E-state index is -1.14. The zero-order valence-corrected chi connectivity index (χ0v) is 11.8. The molecular formula is C15H15Cl2NO. The molecule has 0 bridgehead atoms. The van der Waals surface area contributed by atoms with Gasteiger partial charge in [0.15, 0.2) is 0 Å². The van der Waals surface area contributed by atoms with Crippen molar-refractivity contribution in [2.24, 2.45) is 5.73 Å². The molecular weight excluding hydrogens is 281 g/mol. The molecule has 2 aromatic rings. The molecule has 0 aliphatic heterocycles. The average molecular weight is 296 g/mol. The first-order valence-electron chi connectivity index (χ1n) is 5.97. The lowest BCUT2D eigenvalue weighted by Gasteiger charge is -2.27. The number of hydrogen-bond donors (Lipinski definition) is 2. The second kappa shape index (κ2) is 5.93. The van der Waals surface area contributed by atoms with Crippen molar-refractivity contribution in [3.8, 4) is 0 Å². The maximum absolute atomic E-state index is 10.7. The molecule has 2 nitrogen and oxygen atoms in total. The summed E-state index contributed by atoms with van der Waals surface area (Å²) in [6.45, 7) is 0.111. The van der Waals surface area contributed by atoms with Gasteiger partial charge in [-0.1, -0.05) is 53.5 Å². The molecule has 1 unspecified atom stereocenters. The third-order valence-electron chi connectivity index (χ3n) is 3.14. The number of hydrogen-bond acceptors (Lipinski definition) is 2. The Morgan fingerprint density at radius 2 is 1.74 bits per heavy atom. The van der Waals surface area contributed by atoms with Crippen LogP contribution < -0.4 is 5.73 Å². The van der Waals surface area contributed by atoms with Crippen molar-refractivity contribution in [2.75, 3.05) is 6.54 Å². The normalized spacial score (nSPS) is 14.1. The van der Waals surface area contributed by atoms with E-state index in [-0.39, 0.29) is 6.54 Å². The summed E-state index contributed by atoms with van der Waals surface area (Å²) in [6.07, 6.45) is 0.326. The Morgan fingerprint density at radius 3 is 2.37 bits per heavy atom. The van der Waals surface area contributed by atoms with Gasteiger partial charge in [-0.2, -0.15) is 0 Å². The second-order valence-corrected chi connectivity index (χ2v) is 5.36. The number of aliphatic hydroxyl groups is 1. The number of nitrogens with two attached hydrogens (primary N) is 1. The largest absolute Gasteiger partial charge is 0.383 e. The van der Waals surface area contributed by atoms with E-state index in [2.05, 4.69) is 0 Å². The van der Waals surface area contributed by atoms with Crippen molar-refractivity contribution in [3.63, 3.8) is 0 Å². The summed E-state index contributed by atoms with van der Waals surface area (Å²) >= 11 is 12.1. The van der Waals surface area contributed by atoms with Gasteiger partial charge in [0.1, 0.15) is 5.60 Å². The van der Waals surface area contributed by atoms with E-state index in [0.29, 0.717) is 16.5 Å². The summed E-state index contributed by atoms with van der Waals surface area (Å²) in [6, 6.07) is 14.5. The standard InChI is InChI=1S/C15H15Cl2NO/c16-13-6-7-14(17)11(8-13)9-15(19,10-18)12-4-2-1-3-5-12/h1-8,19H,9-10,18H2. The highest BCUT2D eigenvalue weighted by molar-refractivity contribution is 6.33. The second-order valence-electron chi connectivity index (χ2n) is 4.51. The Labute approximate surface area is 122 Å². The quantitative estimate of drug-likeness (QED) is 0.908. The zero-order valence-electron chi connectivity index (χ0n) is 10.3. The van der Waals surface area contributed by atoms with E-state index >= 15 is 0 Å². The van der Waals surface area contributed by atoms with Crippen molar-refractivity contribution < 1.29 is 5.11 Å². The fraction of sp³-hybridized carbons (Fsp3) is 0.200. The first kappa shape index (κ1) is 14.4. The van der Waals surface area contributed by atoms with E-state index in [9.17, 15) is 5.11 Å². The van der Waals surface area contributed by atoms with Crippen LogP contribution in [0.25, 0.3) is 0 Å². The molecule has 0 spiro atoms. The van der Waals surface area contributed by atoms with Crippen LogP contribution in [0.4, 0.5) is 0 Å². The lowest BCUT2D eigenvalue weighted by molar-refractivity contribution is 0.0463. The van der Waals surface area contributed by atoms with Crippen LogP contribution in [0.1, 0.15) is 11.1 Å². The highest BCUT2D eigenvalue weighted by Gasteiger charge is 2.28. The van der Waals surface area contributed by atoms with Crippen LogP contribution >= 0.6 is 23.2 Å². The molecule has 2 rings (SSSR count). The third kappa shape index (κ3) is 3.28.